The molecule has 4 heteroatoms. The highest BCUT2D eigenvalue weighted by Gasteiger charge is 2.44. The summed E-state index contributed by atoms with van der Waals surface area (Å²) >= 11 is 0. The van der Waals surface area contributed by atoms with Crippen LogP contribution in [0.25, 0.3) is 0 Å². The number of ether oxygens (including phenoxy) is 3. The van der Waals surface area contributed by atoms with Crippen molar-refractivity contribution in [3.8, 4) is 5.75 Å². The van der Waals surface area contributed by atoms with E-state index in [0.29, 0.717) is 0 Å². The molecule has 0 aromatic heterocycles. The van der Waals surface area contributed by atoms with Crippen molar-refractivity contribution in [2.45, 2.75) is 45.1 Å². The topological polar surface area (TPSA) is 39.7 Å². The van der Waals surface area contributed by atoms with Gasteiger partial charge in [-0.05, 0) is 50.1 Å². The molecule has 1 aliphatic rings. The fourth-order valence-corrected chi connectivity index (χ4v) is 3.51. The number of anilines is 1. The van der Waals surface area contributed by atoms with Gasteiger partial charge >= 0.3 is 0 Å². The molecule has 3 rings (SSSR count). The summed E-state index contributed by atoms with van der Waals surface area (Å²) in [5.41, 5.74) is 4.19. The molecular formula is C21H27NO3. The van der Waals surface area contributed by atoms with E-state index >= 15 is 0 Å². The van der Waals surface area contributed by atoms with E-state index in [1.165, 1.54) is 11.1 Å². The van der Waals surface area contributed by atoms with Crippen molar-refractivity contribution in [2.24, 2.45) is 0 Å². The molecule has 2 aromatic carbocycles. The second-order valence-corrected chi connectivity index (χ2v) is 7.05. The van der Waals surface area contributed by atoms with E-state index in [2.05, 4.69) is 42.6 Å². The zero-order valence-corrected chi connectivity index (χ0v) is 15.6. The van der Waals surface area contributed by atoms with Crippen LogP contribution >= 0.6 is 0 Å². The molecule has 0 saturated heterocycles. The number of hydrogen-bond donors (Lipinski definition) is 1. The highest BCUT2D eigenvalue weighted by Crippen LogP contribution is 2.43. The van der Waals surface area contributed by atoms with Crippen LogP contribution in [0, 0.1) is 6.92 Å². The van der Waals surface area contributed by atoms with Crippen LogP contribution in [-0.4, -0.2) is 25.9 Å². The quantitative estimate of drug-likeness (QED) is 0.870. The zero-order chi connectivity index (χ0) is 18.0. The Bertz CT molecular complexity index is 742. The van der Waals surface area contributed by atoms with Crippen LogP contribution in [0.3, 0.4) is 0 Å². The molecule has 0 fully saturated rings. The Morgan fingerprint density at radius 2 is 1.84 bits per heavy atom. The number of benzene rings is 2. The van der Waals surface area contributed by atoms with E-state index in [0.717, 1.165) is 23.5 Å². The van der Waals surface area contributed by atoms with Crippen molar-refractivity contribution in [1.29, 1.82) is 0 Å². The van der Waals surface area contributed by atoms with Crippen molar-refractivity contribution < 1.29 is 14.2 Å². The van der Waals surface area contributed by atoms with Gasteiger partial charge in [-0.1, -0.05) is 24.3 Å². The molecule has 0 bridgehead atoms. The summed E-state index contributed by atoms with van der Waals surface area (Å²) in [7, 11) is 3.42. The van der Waals surface area contributed by atoms with Gasteiger partial charge < -0.3 is 19.5 Å². The monoisotopic (exact) mass is 341 g/mol. The van der Waals surface area contributed by atoms with Gasteiger partial charge in [0.05, 0.1) is 0 Å². The molecule has 0 radical (unpaired) electrons. The van der Waals surface area contributed by atoms with E-state index in [1.54, 1.807) is 14.2 Å². The lowest BCUT2D eigenvalue weighted by molar-refractivity contribution is -0.140. The minimum absolute atomic E-state index is 0.163. The minimum Gasteiger partial charge on any atom is -0.485 e. The SMILES string of the molecule is COC1c2cc(NCc3ccccc3C)ccc2OC(C)(C)C1OC. The maximum Gasteiger partial charge on any atom is 0.132 e. The third-order valence-electron chi connectivity index (χ3n) is 4.90. The standard InChI is InChI=1S/C21H27NO3/c1-14-8-6-7-9-15(14)13-22-16-10-11-18-17(12-16)19(23-4)20(24-5)21(2,3)25-18/h6-12,19-20,22H,13H2,1-5H3. The summed E-state index contributed by atoms with van der Waals surface area (Å²) in [5, 5.41) is 3.50. The van der Waals surface area contributed by atoms with Crippen LogP contribution in [-0.2, 0) is 16.0 Å². The normalized spacial score (nSPS) is 21.3. The van der Waals surface area contributed by atoms with Gasteiger partial charge in [0.15, 0.2) is 0 Å². The van der Waals surface area contributed by atoms with Crippen molar-refractivity contribution in [3.05, 3.63) is 59.2 Å². The first kappa shape index (κ1) is 17.8. The Morgan fingerprint density at radius 3 is 2.52 bits per heavy atom. The zero-order valence-electron chi connectivity index (χ0n) is 15.6. The number of aryl methyl sites for hydroxylation is 1. The summed E-state index contributed by atoms with van der Waals surface area (Å²) in [6.45, 7) is 6.97. The van der Waals surface area contributed by atoms with Crippen molar-refractivity contribution in [2.75, 3.05) is 19.5 Å². The fourth-order valence-electron chi connectivity index (χ4n) is 3.51. The number of hydrogen-bond acceptors (Lipinski definition) is 4. The van der Waals surface area contributed by atoms with Crippen molar-refractivity contribution in [3.63, 3.8) is 0 Å². The van der Waals surface area contributed by atoms with Gasteiger partial charge in [-0.15, -0.1) is 0 Å². The van der Waals surface area contributed by atoms with Crippen LogP contribution in [0.5, 0.6) is 5.75 Å². The molecule has 1 N–H and O–H groups in total. The second kappa shape index (κ2) is 7.06. The van der Waals surface area contributed by atoms with Gasteiger partial charge in [0.2, 0.25) is 0 Å². The molecule has 25 heavy (non-hydrogen) atoms. The summed E-state index contributed by atoms with van der Waals surface area (Å²) < 4.78 is 17.6. The molecule has 134 valence electrons. The molecule has 2 aromatic rings. The second-order valence-electron chi connectivity index (χ2n) is 7.05. The third-order valence-corrected chi connectivity index (χ3v) is 4.90. The van der Waals surface area contributed by atoms with Gasteiger partial charge in [0, 0.05) is 32.0 Å². The van der Waals surface area contributed by atoms with Crippen LogP contribution < -0.4 is 10.1 Å². The summed E-state index contributed by atoms with van der Waals surface area (Å²) in [6, 6.07) is 14.6. The highest BCUT2D eigenvalue weighted by atomic mass is 16.6. The first-order valence-electron chi connectivity index (χ1n) is 8.63. The summed E-state index contributed by atoms with van der Waals surface area (Å²) in [5.74, 6) is 0.853. The van der Waals surface area contributed by atoms with Crippen LogP contribution in [0.1, 0.15) is 36.6 Å². The Labute approximate surface area is 150 Å². The van der Waals surface area contributed by atoms with Crippen LogP contribution in [0.15, 0.2) is 42.5 Å². The van der Waals surface area contributed by atoms with E-state index in [9.17, 15) is 0 Å². The summed E-state index contributed by atoms with van der Waals surface area (Å²) in [4.78, 5) is 0. The predicted molar refractivity (Wildman–Crippen MR) is 100 cm³/mol. The summed E-state index contributed by atoms with van der Waals surface area (Å²) in [6.07, 6.45) is -0.333. The average Bonchev–Trinajstić information content (AvgIpc) is 2.59. The Hall–Kier alpha value is -2.04. The average molecular weight is 341 g/mol. The predicted octanol–water partition coefficient (Wildman–Crippen LogP) is 4.48. The maximum atomic E-state index is 6.16. The lowest BCUT2D eigenvalue weighted by atomic mass is 9.88. The molecule has 4 nitrogen and oxygen atoms in total. The molecule has 1 aliphatic heterocycles. The van der Waals surface area contributed by atoms with Gasteiger partial charge in [-0.3, -0.25) is 0 Å². The third kappa shape index (κ3) is 3.51. The van der Waals surface area contributed by atoms with E-state index in [4.69, 9.17) is 14.2 Å². The lowest BCUT2D eigenvalue weighted by Crippen LogP contribution is -2.50. The molecule has 0 saturated carbocycles. The van der Waals surface area contributed by atoms with Gasteiger partial charge in [-0.2, -0.15) is 0 Å². The fraction of sp³-hybridized carbons (Fsp3) is 0.429. The van der Waals surface area contributed by atoms with E-state index in [1.807, 2.05) is 26.0 Å². The van der Waals surface area contributed by atoms with Gasteiger partial charge in [-0.25, -0.2) is 0 Å². The first-order chi connectivity index (χ1) is 12.0. The highest BCUT2D eigenvalue weighted by molar-refractivity contribution is 5.54. The Kier molecular flexibility index (Phi) is 5.02. The molecule has 1 heterocycles. The van der Waals surface area contributed by atoms with Crippen molar-refractivity contribution in [1.82, 2.24) is 0 Å². The number of fused-ring (bicyclic) bond motifs is 1. The smallest absolute Gasteiger partial charge is 0.132 e. The van der Waals surface area contributed by atoms with E-state index in [-0.39, 0.29) is 12.2 Å². The molecule has 0 amide bonds. The number of methoxy groups -OCH3 is 2. The largest absolute Gasteiger partial charge is 0.485 e. The Morgan fingerprint density at radius 1 is 1.08 bits per heavy atom. The molecule has 0 spiro atoms. The van der Waals surface area contributed by atoms with Gasteiger partial charge in [0.1, 0.15) is 23.6 Å². The lowest BCUT2D eigenvalue weighted by Gasteiger charge is -2.43. The molecule has 2 atom stereocenters. The van der Waals surface area contributed by atoms with Crippen molar-refractivity contribution >= 4 is 5.69 Å². The molecule has 0 aliphatic carbocycles. The van der Waals surface area contributed by atoms with Gasteiger partial charge in [0.25, 0.3) is 0 Å². The van der Waals surface area contributed by atoms with E-state index < -0.39 is 5.60 Å². The number of nitrogens with one attached hydrogen (secondary N) is 1. The number of rotatable bonds is 5. The maximum absolute atomic E-state index is 6.16. The molecular weight excluding hydrogens is 314 g/mol. The minimum atomic E-state index is -0.446. The Balaban J connectivity index is 1.85. The molecule has 2 unspecified atom stereocenters. The van der Waals surface area contributed by atoms with Crippen LogP contribution in [0.2, 0.25) is 0 Å². The first-order valence-corrected chi connectivity index (χ1v) is 8.63. The van der Waals surface area contributed by atoms with Crippen LogP contribution in [0.4, 0.5) is 5.69 Å².